The lowest BCUT2D eigenvalue weighted by Crippen LogP contribution is -2.59. The first-order valence-corrected chi connectivity index (χ1v) is 8.77. The van der Waals surface area contributed by atoms with Gasteiger partial charge in [0.05, 0.1) is 6.54 Å². The number of rotatable bonds is 0. The van der Waals surface area contributed by atoms with E-state index in [1.165, 1.54) is 25.7 Å². The van der Waals surface area contributed by atoms with Gasteiger partial charge in [0.25, 0.3) is 0 Å². The molecule has 6 nitrogen and oxygen atoms in total. The molecule has 0 radical (unpaired) electrons. The zero-order chi connectivity index (χ0) is 16.3. The van der Waals surface area contributed by atoms with Gasteiger partial charge in [-0.3, -0.25) is 0 Å². The number of nitrogens with one attached hydrogen (secondary N) is 2. The molecular weight excluding hydrogens is 284 g/mol. The summed E-state index contributed by atoms with van der Waals surface area (Å²) in [4.78, 5) is 0. The van der Waals surface area contributed by atoms with Crippen LogP contribution in [0.4, 0.5) is 0 Å². The van der Waals surface area contributed by atoms with Crippen LogP contribution in [-0.2, 0) is 0 Å². The van der Waals surface area contributed by atoms with Gasteiger partial charge in [-0.15, -0.1) is 0 Å². The van der Waals surface area contributed by atoms with Gasteiger partial charge < -0.3 is 31.1 Å². The molecule has 0 aromatic rings. The standard InChI is InChI=1S/C16H34N2O4/c19-15(20)10-6-5-9-12-17-11-7-3-1-2-4-8-13-18-14-16(15,21)22/h17-22H,1-14H2. The van der Waals surface area contributed by atoms with E-state index in [0.717, 1.165) is 38.8 Å². The van der Waals surface area contributed by atoms with Crippen LogP contribution in [0.25, 0.3) is 0 Å². The second kappa shape index (κ2) is 10.5. The van der Waals surface area contributed by atoms with E-state index in [-0.39, 0.29) is 13.0 Å². The molecule has 1 rings (SSSR count). The van der Waals surface area contributed by atoms with Crippen LogP contribution in [-0.4, -0.2) is 58.2 Å². The van der Waals surface area contributed by atoms with E-state index in [1.54, 1.807) is 0 Å². The van der Waals surface area contributed by atoms with Crippen molar-refractivity contribution < 1.29 is 20.4 Å². The predicted molar refractivity (Wildman–Crippen MR) is 86.2 cm³/mol. The van der Waals surface area contributed by atoms with Gasteiger partial charge in [0.2, 0.25) is 11.6 Å². The average molecular weight is 318 g/mol. The van der Waals surface area contributed by atoms with Crippen molar-refractivity contribution >= 4 is 0 Å². The second-order valence-electron chi connectivity index (χ2n) is 6.49. The van der Waals surface area contributed by atoms with Crippen LogP contribution >= 0.6 is 0 Å². The Morgan fingerprint density at radius 1 is 0.500 bits per heavy atom. The third-order valence-electron chi connectivity index (χ3n) is 4.35. The molecule has 1 heterocycles. The fourth-order valence-corrected chi connectivity index (χ4v) is 2.73. The summed E-state index contributed by atoms with van der Waals surface area (Å²) in [6.07, 6.45) is 9.26. The molecule has 0 amide bonds. The van der Waals surface area contributed by atoms with Gasteiger partial charge in [0, 0.05) is 6.42 Å². The Bertz CT molecular complexity index is 257. The number of β-amino-alcohol motifs (C(OH)–C–C–N with tert-alkyl or cyclic N) is 2. The van der Waals surface area contributed by atoms with E-state index in [9.17, 15) is 20.4 Å². The lowest BCUT2D eigenvalue weighted by molar-refractivity contribution is -0.355. The van der Waals surface area contributed by atoms with Crippen LogP contribution in [0.1, 0.15) is 64.2 Å². The minimum Gasteiger partial charge on any atom is -0.361 e. The minimum atomic E-state index is -2.52. The van der Waals surface area contributed by atoms with E-state index in [0.29, 0.717) is 13.0 Å². The highest BCUT2D eigenvalue weighted by molar-refractivity contribution is 4.84. The summed E-state index contributed by atoms with van der Waals surface area (Å²) in [5.41, 5.74) is 0. The van der Waals surface area contributed by atoms with Gasteiger partial charge in [-0.2, -0.15) is 0 Å². The molecule has 0 atom stereocenters. The highest BCUT2D eigenvalue weighted by Crippen LogP contribution is 2.23. The van der Waals surface area contributed by atoms with Crippen LogP contribution in [0.15, 0.2) is 0 Å². The molecule has 1 saturated heterocycles. The van der Waals surface area contributed by atoms with Gasteiger partial charge in [0.15, 0.2) is 0 Å². The van der Waals surface area contributed by atoms with Gasteiger partial charge in [-0.1, -0.05) is 32.1 Å². The highest BCUT2D eigenvalue weighted by atomic mass is 16.6. The van der Waals surface area contributed by atoms with Crippen molar-refractivity contribution in [3.05, 3.63) is 0 Å². The molecule has 6 heteroatoms. The van der Waals surface area contributed by atoms with Crippen molar-refractivity contribution in [3.63, 3.8) is 0 Å². The first-order chi connectivity index (χ1) is 10.5. The Balaban J connectivity index is 2.40. The monoisotopic (exact) mass is 318 g/mol. The Morgan fingerprint density at radius 2 is 0.955 bits per heavy atom. The molecule has 0 aromatic carbocycles. The molecule has 0 aliphatic carbocycles. The summed E-state index contributed by atoms with van der Waals surface area (Å²) in [6.45, 7) is 2.39. The summed E-state index contributed by atoms with van der Waals surface area (Å²) in [5.74, 6) is -4.99. The van der Waals surface area contributed by atoms with Crippen molar-refractivity contribution in [1.29, 1.82) is 0 Å². The van der Waals surface area contributed by atoms with Gasteiger partial charge in [-0.25, -0.2) is 0 Å². The Kier molecular flexibility index (Phi) is 9.47. The zero-order valence-corrected chi connectivity index (χ0v) is 13.7. The summed E-state index contributed by atoms with van der Waals surface area (Å²) in [6, 6.07) is 0. The molecule has 132 valence electrons. The lowest BCUT2D eigenvalue weighted by Gasteiger charge is -2.35. The highest BCUT2D eigenvalue weighted by Gasteiger charge is 2.46. The predicted octanol–water partition coefficient (Wildman–Crippen LogP) is 0.442. The van der Waals surface area contributed by atoms with E-state index in [1.807, 2.05) is 0 Å². The Hall–Kier alpha value is -0.240. The van der Waals surface area contributed by atoms with Gasteiger partial charge in [0.1, 0.15) is 0 Å². The fourth-order valence-electron chi connectivity index (χ4n) is 2.73. The summed E-state index contributed by atoms with van der Waals surface area (Å²) in [5, 5.41) is 45.8. The molecule has 0 saturated carbocycles. The molecule has 0 aromatic heterocycles. The van der Waals surface area contributed by atoms with Crippen LogP contribution in [0, 0.1) is 0 Å². The molecule has 22 heavy (non-hydrogen) atoms. The van der Waals surface area contributed by atoms with Crippen LogP contribution in [0.5, 0.6) is 0 Å². The maximum absolute atomic E-state index is 9.89. The second-order valence-corrected chi connectivity index (χ2v) is 6.49. The zero-order valence-electron chi connectivity index (χ0n) is 13.7. The summed E-state index contributed by atoms with van der Waals surface area (Å²) in [7, 11) is 0. The normalized spacial score (nSPS) is 26.7. The van der Waals surface area contributed by atoms with Crippen LogP contribution < -0.4 is 10.6 Å². The largest absolute Gasteiger partial charge is 0.361 e. The third kappa shape index (κ3) is 7.85. The molecule has 6 N–H and O–H groups in total. The first-order valence-electron chi connectivity index (χ1n) is 8.77. The van der Waals surface area contributed by atoms with Gasteiger partial charge >= 0.3 is 0 Å². The van der Waals surface area contributed by atoms with Crippen molar-refractivity contribution in [3.8, 4) is 0 Å². The topological polar surface area (TPSA) is 105 Å². The van der Waals surface area contributed by atoms with Crippen molar-refractivity contribution in [2.75, 3.05) is 26.2 Å². The third-order valence-corrected chi connectivity index (χ3v) is 4.35. The van der Waals surface area contributed by atoms with Crippen molar-refractivity contribution in [2.45, 2.75) is 75.8 Å². The molecular formula is C16H34N2O4. The summed E-state index contributed by atoms with van der Waals surface area (Å²) >= 11 is 0. The molecule has 1 aliphatic heterocycles. The first kappa shape index (κ1) is 19.8. The number of hydrogen-bond acceptors (Lipinski definition) is 6. The van der Waals surface area contributed by atoms with E-state index in [4.69, 9.17) is 0 Å². The van der Waals surface area contributed by atoms with Gasteiger partial charge in [-0.05, 0) is 45.3 Å². The molecule has 0 unspecified atom stereocenters. The lowest BCUT2D eigenvalue weighted by atomic mass is 9.98. The quantitative estimate of drug-likeness (QED) is 0.362. The molecule has 0 bridgehead atoms. The van der Waals surface area contributed by atoms with E-state index < -0.39 is 11.6 Å². The average Bonchev–Trinajstić information content (AvgIpc) is 2.45. The fraction of sp³-hybridized carbons (Fsp3) is 1.00. The molecule has 1 aliphatic rings. The summed E-state index contributed by atoms with van der Waals surface area (Å²) < 4.78 is 0. The Morgan fingerprint density at radius 3 is 1.55 bits per heavy atom. The van der Waals surface area contributed by atoms with Crippen molar-refractivity contribution in [1.82, 2.24) is 10.6 Å². The minimum absolute atomic E-state index is 0.0400. The van der Waals surface area contributed by atoms with Crippen molar-refractivity contribution in [2.24, 2.45) is 0 Å². The van der Waals surface area contributed by atoms with Crippen LogP contribution in [0.2, 0.25) is 0 Å². The van der Waals surface area contributed by atoms with E-state index in [2.05, 4.69) is 10.6 Å². The maximum Gasteiger partial charge on any atom is 0.231 e. The maximum atomic E-state index is 9.89. The Labute approximate surface area is 133 Å². The SMILES string of the molecule is OC1(O)CCCCCNCCCCCCCCNCC1(O)O. The smallest absolute Gasteiger partial charge is 0.231 e. The van der Waals surface area contributed by atoms with Crippen LogP contribution in [0.3, 0.4) is 0 Å². The molecule has 1 fully saturated rings. The number of aliphatic hydroxyl groups is 4. The number of hydrogen-bond donors (Lipinski definition) is 6. The van der Waals surface area contributed by atoms with E-state index >= 15 is 0 Å². The molecule has 0 spiro atoms.